The molecule has 2 atom stereocenters. The van der Waals surface area contributed by atoms with Gasteiger partial charge in [-0.15, -0.1) is 0 Å². The van der Waals surface area contributed by atoms with Crippen molar-refractivity contribution < 1.29 is 14.3 Å². The number of hydrogen-bond acceptors (Lipinski definition) is 3. The maximum atomic E-state index is 11.3. The quantitative estimate of drug-likeness (QED) is 0.475. The van der Waals surface area contributed by atoms with Crippen LogP contribution in [0.2, 0.25) is 0 Å². The number of rotatable bonds is 2. The molecule has 0 saturated heterocycles. The molecule has 13 heavy (non-hydrogen) atoms. The minimum absolute atomic E-state index is 0.00877. The molecule has 2 rings (SSSR count). The van der Waals surface area contributed by atoms with Gasteiger partial charge in [0.2, 0.25) is 0 Å². The molecule has 0 aromatic rings. The van der Waals surface area contributed by atoms with E-state index >= 15 is 0 Å². The van der Waals surface area contributed by atoms with Crippen LogP contribution < -0.4 is 0 Å². The summed E-state index contributed by atoms with van der Waals surface area (Å²) in [6.07, 6.45) is 5.29. The number of hydrogen-bond donors (Lipinski definition) is 0. The first-order valence-electron chi connectivity index (χ1n) is 4.79. The Morgan fingerprint density at radius 2 is 2.08 bits per heavy atom. The van der Waals surface area contributed by atoms with Crippen molar-refractivity contribution in [2.75, 3.05) is 7.11 Å². The van der Waals surface area contributed by atoms with Gasteiger partial charge >= 0.3 is 5.97 Å². The Bertz CT molecular complexity index is 241. The SMILES string of the molecule is COC(=O)[C@H]1[C@H](C=O)C12CCCC2. The molecular weight excluding hydrogens is 168 g/mol. The van der Waals surface area contributed by atoms with Gasteiger partial charge in [-0.2, -0.15) is 0 Å². The van der Waals surface area contributed by atoms with Crippen LogP contribution in [0, 0.1) is 17.3 Å². The molecule has 2 aliphatic carbocycles. The molecule has 0 bridgehead atoms. The van der Waals surface area contributed by atoms with Gasteiger partial charge in [0.25, 0.3) is 0 Å². The Hall–Kier alpha value is -0.860. The summed E-state index contributed by atoms with van der Waals surface area (Å²) in [5.74, 6) is -0.376. The van der Waals surface area contributed by atoms with E-state index in [0.29, 0.717) is 0 Å². The summed E-state index contributed by atoms with van der Waals surface area (Å²) in [5, 5.41) is 0. The Kier molecular flexibility index (Phi) is 1.90. The Morgan fingerprint density at radius 3 is 2.54 bits per heavy atom. The second-order valence-electron chi connectivity index (χ2n) is 4.10. The molecule has 0 aromatic carbocycles. The van der Waals surface area contributed by atoms with Crippen LogP contribution in [0.5, 0.6) is 0 Å². The smallest absolute Gasteiger partial charge is 0.309 e. The van der Waals surface area contributed by atoms with Crippen LogP contribution in [0.1, 0.15) is 25.7 Å². The molecule has 2 aliphatic rings. The molecule has 0 aromatic heterocycles. The van der Waals surface area contributed by atoms with Crippen LogP contribution in [0.25, 0.3) is 0 Å². The molecule has 0 aliphatic heterocycles. The number of methoxy groups -OCH3 is 1. The number of aldehydes is 1. The van der Waals surface area contributed by atoms with E-state index < -0.39 is 0 Å². The van der Waals surface area contributed by atoms with Gasteiger partial charge in [0, 0.05) is 5.92 Å². The predicted octanol–water partition coefficient (Wildman–Crippen LogP) is 1.16. The molecular formula is C10H14O3. The van der Waals surface area contributed by atoms with Crippen molar-refractivity contribution in [1.82, 2.24) is 0 Å². The maximum absolute atomic E-state index is 11.3. The normalized spacial score (nSPS) is 34.5. The first-order chi connectivity index (χ1) is 6.26. The molecule has 2 saturated carbocycles. The number of esters is 1. The monoisotopic (exact) mass is 182 g/mol. The summed E-state index contributed by atoms with van der Waals surface area (Å²) < 4.78 is 4.70. The van der Waals surface area contributed by atoms with Gasteiger partial charge in [0.15, 0.2) is 0 Å². The first kappa shape index (κ1) is 8.73. The summed E-state index contributed by atoms with van der Waals surface area (Å²) in [7, 11) is 1.39. The van der Waals surface area contributed by atoms with E-state index in [-0.39, 0.29) is 23.2 Å². The van der Waals surface area contributed by atoms with Gasteiger partial charge in [-0.05, 0) is 18.3 Å². The van der Waals surface area contributed by atoms with E-state index in [9.17, 15) is 9.59 Å². The van der Waals surface area contributed by atoms with Crippen molar-refractivity contribution in [1.29, 1.82) is 0 Å². The highest BCUT2D eigenvalue weighted by Crippen LogP contribution is 2.66. The summed E-state index contributed by atoms with van der Waals surface area (Å²) in [5.41, 5.74) is 0.00877. The Balaban J connectivity index is 2.13. The lowest BCUT2D eigenvalue weighted by atomic mass is 10.0. The van der Waals surface area contributed by atoms with E-state index in [1.54, 1.807) is 0 Å². The van der Waals surface area contributed by atoms with Gasteiger partial charge in [0.05, 0.1) is 13.0 Å². The number of carbonyl (C=O) groups excluding carboxylic acids is 2. The molecule has 0 unspecified atom stereocenters. The predicted molar refractivity (Wildman–Crippen MR) is 46.0 cm³/mol. The summed E-state index contributed by atoms with van der Waals surface area (Å²) in [6, 6.07) is 0. The van der Waals surface area contributed by atoms with E-state index in [4.69, 9.17) is 4.74 Å². The minimum Gasteiger partial charge on any atom is -0.469 e. The molecule has 2 fully saturated rings. The standard InChI is InChI=1S/C10H14O3/c1-13-9(12)8-7(6-11)10(8)4-2-3-5-10/h6-8H,2-5H2,1H3/t7-,8+/m0/s1. The van der Waals surface area contributed by atoms with Crippen LogP contribution in [-0.4, -0.2) is 19.4 Å². The Labute approximate surface area is 77.4 Å². The highest BCUT2D eigenvalue weighted by atomic mass is 16.5. The van der Waals surface area contributed by atoms with Crippen LogP contribution in [0.15, 0.2) is 0 Å². The van der Waals surface area contributed by atoms with Crippen LogP contribution in [0.3, 0.4) is 0 Å². The zero-order valence-electron chi connectivity index (χ0n) is 7.79. The molecule has 3 heteroatoms. The van der Waals surface area contributed by atoms with Crippen molar-refractivity contribution in [3.05, 3.63) is 0 Å². The summed E-state index contributed by atoms with van der Waals surface area (Å²) >= 11 is 0. The van der Waals surface area contributed by atoms with Gasteiger partial charge in [-0.1, -0.05) is 12.8 Å². The van der Waals surface area contributed by atoms with Crippen LogP contribution in [0.4, 0.5) is 0 Å². The van der Waals surface area contributed by atoms with Crippen molar-refractivity contribution in [2.45, 2.75) is 25.7 Å². The van der Waals surface area contributed by atoms with Gasteiger partial charge in [-0.3, -0.25) is 4.79 Å². The van der Waals surface area contributed by atoms with Crippen LogP contribution >= 0.6 is 0 Å². The topological polar surface area (TPSA) is 43.4 Å². The fourth-order valence-corrected chi connectivity index (χ4v) is 2.92. The average Bonchev–Trinajstić information content (AvgIpc) is 2.51. The number of ether oxygens (including phenoxy) is 1. The van der Waals surface area contributed by atoms with Crippen molar-refractivity contribution in [3.8, 4) is 0 Å². The highest BCUT2D eigenvalue weighted by molar-refractivity contribution is 5.84. The third-order valence-electron chi connectivity index (χ3n) is 3.67. The fourth-order valence-electron chi connectivity index (χ4n) is 2.92. The summed E-state index contributed by atoms with van der Waals surface area (Å²) in [4.78, 5) is 22.1. The lowest BCUT2D eigenvalue weighted by molar-refractivity contribution is -0.143. The number of carbonyl (C=O) groups is 2. The molecule has 72 valence electrons. The summed E-state index contributed by atoms with van der Waals surface area (Å²) in [6.45, 7) is 0. The molecule has 0 radical (unpaired) electrons. The first-order valence-corrected chi connectivity index (χ1v) is 4.79. The van der Waals surface area contributed by atoms with Crippen molar-refractivity contribution >= 4 is 12.3 Å². The highest BCUT2D eigenvalue weighted by Gasteiger charge is 2.68. The zero-order valence-corrected chi connectivity index (χ0v) is 7.79. The lowest BCUT2D eigenvalue weighted by Crippen LogP contribution is -2.09. The van der Waals surface area contributed by atoms with Crippen molar-refractivity contribution in [3.63, 3.8) is 0 Å². The third kappa shape index (κ3) is 1.02. The van der Waals surface area contributed by atoms with Gasteiger partial charge in [-0.25, -0.2) is 0 Å². The van der Waals surface area contributed by atoms with E-state index in [1.807, 2.05) is 0 Å². The van der Waals surface area contributed by atoms with E-state index in [2.05, 4.69) is 0 Å². The van der Waals surface area contributed by atoms with Gasteiger partial charge in [0.1, 0.15) is 6.29 Å². The maximum Gasteiger partial charge on any atom is 0.309 e. The van der Waals surface area contributed by atoms with Crippen LogP contribution in [-0.2, 0) is 14.3 Å². The second-order valence-corrected chi connectivity index (χ2v) is 4.10. The minimum atomic E-state index is -0.195. The second kappa shape index (κ2) is 2.82. The molecule has 3 nitrogen and oxygen atoms in total. The largest absolute Gasteiger partial charge is 0.469 e. The fraction of sp³-hybridized carbons (Fsp3) is 0.800. The molecule has 0 amide bonds. The van der Waals surface area contributed by atoms with E-state index in [0.717, 1.165) is 32.0 Å². The Morgan fingerprint density at radius 1 is 1.46 bits per heavy atom. The van der Waals surface area contributed by atoms with Gasteiger partial charge < -0.3 is 9.53 Å². The molecule has 1 spiro atoms. The molecule has 0 N–H and O–H groups in total. The zero-order chi connectivity index (χ0) is 9.47. The lowest BCUT2D eigenvalue weighted by Gasteiger charge is -2.05. The van der Waals surface area contributed by atoms with Crippen molar-refractivity contribution in [2.24, 2.45) is 17.3 Å². The molecule has 0 heterocycles. The average molecular weight is 182 g/mol. The third-order valence-corrected chi connectivity index (χ3v) is 3.67. The van der Waals surface area contributed by atoms with E-state index in [1.165, 1.54) is 7.11 Å².